The molecule has 8 nitrogen and oxygen atoms in total. The number of rotatable bonds is 9. The van der Waals surface area contributed by atoms with E-state index in [1.807, 2.05) is 61.5 Å². The fourth-order valence-corrected chi connectivity index (χ4v) is 4.01. The molecule has 8 heteroatoms. The summed E-state index contributed by atoms with van der Waals surface area (Å²) < 4.78 is 21.6. The summed E-state index contributed by atoms with van der Waals surface area (Å²) in [5.41, 5.74) is 3.03. The van der Waals surface area contributed by atoms with E-state index in [1.54, 1.807) is 32.3 Å². The number of anilines is 1. The monoisotopic (exact) mass is 475 g/mol. The third-order valence-corrected chi connectivity index (χ3v) is 5.78. The van der Waals surface area contributed by atoms with E-state index in [4.69, 9.17) is 23.6 Å². The Hall–Kier alpha value is -4.20. The highest BCUT2D eigenvalue weighted by molar-refractivity contribution is 5.95. The van der Waals surface area contributed by atoms with Gasteiger partial charge in [0.15, 0.2) is 0 Å². The van der Waals surface area contributed by atoms with Crippen LogP contribution in [0.2, 0.25) is 0 Å². The molecule has 35 heavy (non-hydrogen) atoms. The van der Waals surface area contributed by atoms with Gasteiger partial charge in [0.1, 0.15) is 34.8 Å². The van der Waals surface area contributed by atoms with Crippen molar-refractivity contribution in [3.05, 3.63) is 77.7 Å². The van der Waals surface area contributed by atoms with Crippen molar-refractivity contribution in [2.45, 2.75) is 13.1 Å². The van der Waals surface area contributed by atoms with Crippen LogP contribution in [0.4, 0.5) is 5.82 Å². The molecule has 2 aromatic carbocycles. The van der Waals surface area contributed by atoms with E-state index in [1.165, 1.54) is 12.5 Å². The summed E-state index contributed by atoms with van der Waals surface area (Å²) in [6.45, 7) is 0.723. The maximum Gasteiger partial charge on any atom is 0.257 e. The number of carbonyl (C=O) groups is 1. The lowest BCUT2D eigenvalue weighted by Crippen LogP contribution is -2.30. The Morgan fingerprint density at radius 2 is 1.63 bits per heavy atom. The molecule has 4 rings (SSSR count). The largest absolute Gasteiger partial charge is 0.497 e. The SMILES string of the molecule is COc1ccc(CN(Cc2cc3c(OC)ccc(OC)c3nc2N(C)C)C(=O)c2ccoc2)cc1. The van der Waals surface area contributed by atoms with Crippen LogP contribution in [-0.2, 0) is 13.1 Å². The van der Waals surface area contributed by atoms with Gasteiger partial charge in [0.2, 0.25) is 0 Å². The molecule has 2 aromatic heterocycles. The van der Waals surface area contributed by atoms with Crippen LogP contribution in [0.5, 0.6) is 17.2 Å². The number of aromatic nitrogens is 1. The Balaban J connectivity index is 1.79. The van der Waals surface area contributed by atoms with Crippen LogP contribution in [0.25, 0.3) is 10.9 Å². The van der Waals surface area contributed by atoms with Gasteiger partial charge in [-0.2, -0.15) is 0 Å². The minimum Gasteiger partial charge on any atom is -0.497 e. The zero-order chi connectivity index (χ0) is 24.9. The minimum absolute atomic E-state index is 0.142. The van der Waals surface area contributed by atoms with Crippen molar-refractivity contribution in [3.63, 3.8) is 0 Å². The quantitative estimate of drug-likeness (QED) is 0.345. The molecule has 1 amide bonds. The van der Waals surface area contributed by atoms with Crippen LogP contribution in [0.1, 0.15) is 21.5 Å². The molecule has 4 aromatic rings. The van der Waals surface area contributed by atoms with Gasteiger partial charge in [-0.15, -0.1) is 0 Å². The third-order valence-electron chi connectivity index (χ3n) is 5.78. The number of nitrogens with zero attached hydrogens (tertiary/aromatic N) is 3. The molecule has 0 bridgehead atoms. The molecule has 0 N–H and O–H groups in total. The Morgan fingerprint density at radius 1 is 0.914 bits per heavy atom. The number of hydrogen-bond donors (Lipinski definition) is 0. The number of fused-ring (bicyclic) bond motifs is 1. The van der Waals surface area contributed by atoms with Gasteiger partial charge >= 0.3 is 0 Å². The lowest BCUT2D eigenvalue weighted by atomic mass is 10.1. The first-order valence-electron chi connectivity index (χ1n) is 11.1. The van der Waals surface area contributed by atoms with E-state index >= 15 is 0 Å². The second-order valence-corrected chi connectivity index (χ2v) is 8.25. The maximum atomic E-state index is 13.5. The van der Waals surface area contributed by atoms with Crippen LogP contribution >= 0.6 is 0 Å². The van der Waals surface area contributed by atoms with Crippen LogP contribution < -0.4 is 19.1 Å². The maximum absolute atomic E-state index is 13.5. The summed E-state index contributed by atoms with van der Waals surface area (Å²) in [7, 11) is 8.72. The van der Waals surface area contributed by atoms with E-state index in [0.29, 0.717) is 35.7 Å². The van der Waals surface area contributed by atoms with Crippen LogP contribution in [0, 0.1) is 0 Å². The van der Waals surface area contributed by atoms with Gasteiger partial charge in [0.25, 0.3) is 5.91 Å². The first-order chi connectivity index (χ1) is 16.9. The number of ether oxygens (including phenoxy) is 3. The first-order valence-corrected chi connectivity index (χ1v) is 11.1. The van der Waals surface area contributed by atoms with E-state index in [2.05, 4.69) is 0 Å². The molecular formula is C27H29N3O5. The lowest BCUT2D eigenvalue weighted by molar-refractivity contribution is 0.0729. The molecule has 0 aliphatic rings. The summed E-state index contributed by atoms with van der Waals surface area (Å²) in [5, 5.41) is 0.813. The minimum atomic E-state index is -0.142. The second-order valence-electron chi connectivity index (χ2n) is 8.25. The highest BCUT2D eigenvalue weighted by Crippen LogP contribution is 2.35. The van der Waals surface area contributed by atoms with Gasteiger partial charge in [-0.1, -0.05) is 12.1 Å². The molecule has 0 aliphatic heterocycles. The third kappa shape index (κ3) is 5.01. The topological polar surface area (TPSA) is 77.3 Å². The Bertz CT molecular complexity index is 1300. The summed E-state index contributed by atoms with van der Waals surface area (Å²) in [6.07, 6.45) is 2.96. The van der Waals surface area contributed by atoms with Crippen molar-refractivity contribution in [3.8, 4) is 17.2 Å². The average molecular weight is 476 g/mol. The fourth-order valence-electron chi connectivity index (χ4n) is 4.01. The number of furan rings is 1. The van der Waals surface area contributed by atoms with E-state index in [-0.39, 0.29) is 5.91 Å². The fraction of sp³-hybridized carbons (Fsp3) is 0.259. The molecule has 0 atom stereocenters. The number of benzene rings is 2. The molecule has 0 aliphatic carbocycles. The highest BCUT2D eigenvalue weighted by atomic mass is 16.5. The molecule has 0 saturated carbocycles. The number of methoxy groups -OCH3 is 3. The van der Waals surface area contributed by atoms with Gasteiger partial charge < -0.3 is 28.4 Å². The molecule has 0 fully saturated rings. The number of pyridine rings is 1. The predicted molar refractivity (Wildman–Crippen MR) is 134 cm³/mol. The molecule has 0 unspecified atom stereocenters. The van der Waals surface area contributed by atoms with Crippen molar-refractivity contribution in [2.75, 3.05) is 40.3 Å². The van der Waals surface area contributed by atoms with E-state index in [9.17, 15) is 4.79 Å². The first kappa shape index (κ1) is 23.9. The van der Waals surface area contributed by atoms with Gasteiger partial charge in [-0.05, 0) is 42.0 Å². The van der Waals surface area contributed by atoms with Gasteiger partial charge in [-0.3, -0.25) is 4.79 Å². The molecule has 0 spiro atoms. The van der Waals surface area contributed by atoms with Crippen molar-refractivity contribution in [2.24, 2.45) is 0 Å². The zero-order valence-corrected chi connectivity index (χ0v) is 20.6. The Morgan fingerprint density at radius 3 is 2.23 bits per heavy atom. The molecular weight excluding hydrogens is 446 g/mol. The van der Waals surface area contributed by atoms with Gasteiger partial charge in [-0.25, -0.2) is 4.98 Å². The van der Waals surface area contributed by atoms with Crippen molar-refractivity contribution in [1.29, 1.82) is 0 Å². The second kappa shape index (κ2) is 10.4. The highest BCUT2D eigenvalue weighted by Gasteiger charge is 2.22. The average Bonchev–Trinajstić information content (AvgIpc) is 3.42. The lowest BCUT2D eigenvalue weighted by Gasteiger charge is -2.26. The number of carbonyl (C=O) groups excluding carboxylic acids is 1. The number of hydrogen-bond acceptors (Lipinski definition) is 7. The van der Waals surface area contributed by atoms with Crippen molar-refractivity contribution < 1.29 is 23.4 Å². The van der Waals surface area contributed by atoms with Crippen molar-refractivity contribution in [1.82, 2.24) is 9.88 Å². The number of amides is 1. The smallest absolute Gasteiger partial charge is 0.257 e. The van der Waals surface area contributed by atoms with E-state index in [0.717, 1.165) is 28.1 Å². The standard InChI is InChI=1S/C27H29N3O5/c1-29(2)26-20(14-22-23(33-4)10-11-24(34-5)25(22)28-26)16-30(27(31)19-12-13-35-17-19)15-18-6-8-21(32-3)9-7-18/h6-14,17H,15-16H2,1-5H3. The zero-order valence-electron chi connectivity index (χ0n) is 20.6. The Labute approximate surface area is 204 Å². The van der Waals surface area contributed by atoms with E-state index < -0.39 is 0 Å². The predicted octanol–water partition coefficient (Wildman–Crippen LogP) is 4.76. The molecule has 0 radical (unpaired) electrons. The normalized spacial score (nSPS) is 10.8. The Kier molecular flexibility index (Phi) is 7.10. The molecule has 0 saturated heterocycles. The van der Waals surface area contributed by atoms with Gasteiger partial charge in [0, 0.05) is 38.1 Å². The van der Waals surface area contributed by atoms with Gasteiger partial charge in [0.05, 0.1) is 33.2 Å². The van der Waals surface area contributed by atoms with Crippen molar-refractivity contribution >= 4 is 22.6 Å². The van der Waals surface area contributed by atoms with Crippen LogP contribution in [-0.4, -0.2) is 51.2 Å². The van der Waals surface area contributed by atoms with Crippen LogP contribution in [0.15, 0.2) is 65.5 Å². The summed E-state index contributed by atoms with van der Waals surface area (Å²) in [4.78, 5) is 22.1. The summed E-state index contributed by atoms with van der Waals surface area (Å²) in [5.74, 6) is 2.69. The summed E-state index contributed by atoms with van der Waals surface area (Å²) >= 11 is 0. The molecule has 2 heterocycles. The molecule has 182 valence electrons. The summed E-state index contributed by atoms with van der Waals surface area (Å²) in [6, 6.07) is 15.1. The van der Waals surface area contributed by atoms with Crippen LogP contribution in [0.3, 0.4) is 0 Å².